The molecule has 0 fully saturated rings. The van der Waals surface area contributed by atoms with Gasteiger partial charge < -0.3 is 9.84 Å². The lowest BCUT2D eigenvalue weighted by Gasteiger charge is -2.09. The molecule has 0 aliphatic heterocycles. The summed E-state index contributed by atoms with van der Waals surface area (Å²) in [4.78, 5) is 0. The van der Waals surface area contributed by atoms with Gasteiger partial charge in [0.1, 0.15) is 18.1 Å². The summed E-state index contributed by atoms with van der Waals surface area (Å²) in [5, 5.41) is 9.51. The fraction of sp³-hybridized carbons (Fsp3) is 0.294. The minimum absolute atomic E-state index is 0.241. The number of hydrogen-bond donors (Lipinski definition) is 1. The van der Waals surface area contributed by atoms with E-state index < -0.39 is 0 Å². The van der Waals surface area contributed by atoms with Gasteiger partial charge in [-0.3, -0.25) is 0 Å². The molecule has 0 aliphatic rings. The molecule has 100 valence electrons. The van der Waals surface area contributed by atoms with Gasteiger partial charge in [-0.05, 0) is 41.7 Å². The lowest BCUT2D eigenvalue weighted by Crippen LogP contribution is -1.96. The zero-order valence-corrected chi connectivity index (χ0v) is 11.7. The van der Waals surface area contributed by atoms with Gasteiger partial charge in [0.25, 0.3) is 0 Å². The van der Waals surface area contributed by atoms with Gasteiger partial charge in [0.05, 0.1) is 0 Å². The highest BCUT2D eigenvalue weighted by Crippen LogP contribution is 2.22. The van der Waals surface area contributed by atoms with Crippen molar-refractivity contribution in [1.82, 2.24) is 0 Å². The minimum Gasteiger partial charge on any atom is -0.508 e. The highest BCUT2D eigenvalue weighted by molar-refractivity contribution is 5.37. The molecule has 0 saturated carbocycles. The number of phenols is 1. The predicted octanol–water partition coefficient (Wildman–Crippen LogP) is 4.40. The second-order valence-corrected chi connectivity index (χ2v) is 5.19. The number of benzene rings is 2. The number of rotatable bonds is 4. The van der Waals surface area contributed by atoms with Crippen molar-refractivity contribution in [3.05, 3.63) is 59.2 Å². The Morgan fingerprint density at radius 1 is 1.05 bits per heavy atom. The van der Waals surface area contributed by atoms with Crippen LogP contribution in [0, 0.1) is 6.92 Å². The van der Waals surface area contributed by atoms with E-state index in [9.17, 15) is 5.11 Å². The zero-order valence-electron chi connectivity index (χ0n) is 11.7. The van der Waals surface area contributed by atoms with Crippen LogP contribution < -0.4 is 4.74 Å². The SMILES string of the molecule is Cc1cc(O)cc(OCc2ccc(C(C)C)cc2)c1. The van der Waals surface area contributed by atoms with E-state index >= 15 is 0 Å². The molecule has 0 atom stereocenters. The Kier molecular flexibility index (Phi) is 4.10. The number of hydrogen-bond acceptors (Lipinski definition) is 2. The van der Waals surface area contributed by atoms with Gasteiger partial charge in [0.15, 0.2) is 0 Å². The number of ether oxygens (including phenoxy) is 1. The van der Waals surface area contributed by atoms with Crippen LogP contribution in [-0.2, 0) is 6.61 Å². The van der Waals surface area contributed by atoms with E-state index in [4.69, 9.17) is 4.74 Å². The standard InChI is InChI=1S/C17H20O2/c1-12(2)15-6-4-14(5-7-15)11-19-17-9-13(3)8-16(18)10-17/h4-10,12,18H,11H2,1-3H3. The van der Waals surface area contributed by atoms with Crippen molar-refractivity contribution in [1.29, 1.82) is 0 Å². The van der Waals surface area contributed by atoms with Crippen molar-refractivity contribution in [2.45, 2.75) is 33.3 Å². The van der Waals surface area contributed by atoms with E-state index in [0.29, 0.717) is 18.3 Å². The summed E-state index contributed by atoms with van der Waals surface area (Å²) in [6, 6.07) is 13.7. The first-order chi connectivity index (χ1) is 9.04. The fourth-order valence-corrected chi connectivity index (χ4v) is 1.98. The Bertz CT molecular complexity index is 521. The normalized spacial score (nSPS) is 10.7. The third kappa shape index (κ3) is 3.75. The molecule has 2 nitrogen and oxygen atoms in total. The molecule has 2 aromatic carbocycles. The van der Waals surface area contributed by atoms with Crippen LogP contribution in [0.4, 0.5) is 0 Å². The van der Waals surface area contributed by atoms with E-state index in [2.05, 4.69) is 38.1 Å². The zero-order chi connectivity index (χ0) is 13.8. The maximum Gasteiger partial charge on any atom is 0.123 e. The Morgan fingerprint density at radius 3 is 2.32 bits per heavy atom. The predicted molar refractivity (Wildman–Crippen MR) is 77.7 cm³/mol. The maximum atomic E-state index is 9.51. The molecule has 0 amide bonds. The number of aromatic hydroxyl groups is 1. The Morgan fingerprint density at radius 2 is 1.74 bits per heavy atom. The molecule has 0 unspecified atom stereocenters. The minimum atomic E-state index is 0.241. The highest BCUT2D eigenvalue weighted by atomic mass is 16.5. The van der Waals surface area contributed by atoms with Gasteiger partial charge in [-0.15, -0.1) is 0 Å². The highest BCUT2D eigenvalue weighted by Gasteiger charge is 2.01. The molecule has 1 N–H and O–H groups in total. The van der Waals surface area contributed by atoms with Crippen molar-refractivity contribution >= 4 is 0 Å². The molecule has 0 aromatic heterocycles. The first-order valence-electron chi connectivity index (χ1n) is 6.57. The Balaban J connectivity index is 2.02. The van der Waals surface area contributed by atoms with E-state index in [1.807, 2.05) is 13.0 Å². The van der Waals surface area contributed by atoms with Crippen molar-refractivity contribution in [2.24, 2.45) is 0 Å². The molecule has 0 bridgehead atoms. The quantitative estimate of drug-likeness (QED) is 0.878. The van der Waals surface area contributed by atoms with Crippen LogP contribution in [0.2, 0.25) is 0 Å². The van der Waals surface area contributed by atoms with Crippen LogP contribution in [0.3, 0.4) is 0 Å². The van der Waals surface area contributed by atoms with Crippen LogP contribution in [0.15, 0.2) is 42.5 Å². The summed E-state index contributed by atoms with van der Waals surface area (Å²) < 4.78 is 5.69. The lowest BCUT2D eigenvalue weighted by molar-refractivity contribution is 0.304. The molecule has 19 heavy (non-hydrogen) atoms. The molecule has 2 aromatic rings. The van der Waals surface area contributed by atoms with Crippen molar-refractivity contribution in [2.75, 3.05) is 0 Å². The van der Waals surface area contributed by atoms with Gasteiger partial charge in [-0.1, -0.05) is 38.1 Å². The first kappa shape index (κ1) is 13.5. The number of phenolic OH excluding ortho intramolecular Hbond substituents is 1. The van der Waals surface area contributed by atoms with Crippen molar-refractivity contribution in [3.8, 4) is 11.5 Å². The van der Waals surface area contributed by atoms with Gasteiger partial charge in [0.2, 0.25) is 0 Å². The van der Waals surface area contributed by atoms with Crippen LogP contribution in [-0.4, -0.2) is 5.11 Å². The van der Waals surface area contributed by atoms with Gasteiger partial charge in [-0.25, -0.2) is 0 Å². The molecule has 0 saturated heterocycles. The summed E-state index contributed by atoms with van der Waals surface area (Å²) in [5.74, 6) is 1.49. The monoisotopic (exact) mass is 256 g/mol. The summed E-state index contributed by atoms with van der Waals surface area (Å²) in [6.07, 6.45) is 0. The molecule has 0 aliphatic carbocycles. The largest absolute Gasteiger partial charge is 0.508 e. The lowest BCUT2D eigenvalue weighted by atomic mass is 10.0. The summed E-state index contributed by atoms with van der Waals surface area (Å²) in [7, 11) is 0. The topological polar surface area (TPSA) is 29.5 Å². The van der Waals surface area contributed by atoms with Crippen molar-refractivity contribution < 1.29 is 9.84 Å². The van der Waals surface area contributed by atoms with E-state index in [0.717, 1.165) is 11.1 Å². The smallest absolute Gasteiger partial charge is 0.123 e. The number of aryl methyl sites for hydroxylation is 1. The molecule has 0 radical (unpaired) electrons. The Labute approximate surface area is 114 Å². The summed E-state index contributed by atoms with van der Waals surface area (Å²) >= 11 is 0. The molecule has 0 spiro atoms. The van der Waals surface area contributed by atoms with Crippen LogP contribution in [0.1, 0.15) is 36.5 Å². The van der Waals surface area contributed by atoms with Crippen LogP contribution in [0.25, 0.3) is 0 Å². The third-order valence-electron chi connectivity index (χ3n) is 3.09. The van der Waals surface area contributed by atoms with Gasteiger partial charge >= 0.3 is 0 Å². The van der Waals surface area contributed by atoms with Crippen LogP contribution >= 0.6 is 0 Å². The van der Waals surface area contributed by atoms with E-state index in [1.165, 1.54) is 5.56 Å². The molecule has 2 rings (SSSR count). The molecule has 2 heteroatoms. The van der Waals surface area contributed by atoms with Crippen molar-refractivity contribution in [3.63, 3.8) is 0 Å². The first-order valence-corrected chi connectivity index (χ1v) is 6.57. The molecule has 0 heterocycles. The molecular weight excluding hydrogens is 236 g/mol. The maximum absolute atomic E-state index is 9.51. The molecular formula is C17H20O2. The second-order valence-electron chi connectivity index (χ2n) is 5.19. The van der Waals surface area contributed by atoms with Gasteiger partial charge in [-0.2, -0.15) is 0 Å². The Hall–Kier alpha value is -1.96. The summed E-state index contributed by atoms with van der Waals surface area (Å²) in [6.45, 7) is 6.81. The van der Waals surface area contributed by atoms with Crippen LogP contribution in [0.5, 0.6) is 11.5 Å². The van der Waals surface area contributed by atoms with Gasteiger partial charge in [0, 0.05) is 6.07 Å². The average molecular weight is 256 g/mol. The van der Waals surface area contributed by atoms with E-state index in [-0.39, 0.29) is 5.75 Å². The summed E-state index contributed by atoms with van der Waals surface area (Å²) in [5.41, 5.74) is 3.45. The third-order valence-corrected chi connectivity index (χ3v) is 3.09. The second kappa shape index (κ2) is 5.79. The van der Waals surface area contributed by atoms with E-state index in [1.54, 1.807) is 12.1 Å². The fourth-order valence-electron chi connectivity index (χ4n) is 1.98. The average Bonchev–Trinajstić information content (AvgIpc) is 2.36.